The second-order valence-corrected chi connectivity index (χ2v) is 3.45. The van der Waals surface area contributed by atoms with Crippen molar-refractivity contribution < 1.29 is 4.74 Å². The number of hydrogen-bond donors (Lipinski definition) is 1. The fourth-order valence-electron chi connectivity index (χ4n) is 1.04. The van der Waals surface area contributed by atoms with Crippen molar-refractivity contribution >= 4 is 15.9 Å². The average Bonchev–Trinajstić information content (AvgIpc) is 2.04. The van der Waals surface area contributed by atoms with E-state index in [1.165, 1.54) is 0 Å². The van der Waals surface area contributed by atoms with Crippen LogP contribution < -0.4 is 10.5 Å². The maximum absolute atomic E-state index is 5.75. The Morgan fingerprint density at radius 2 is 2.17 bits per heavy atom. The molecule has 0 spiro atoms. The van der Waals surface area contributed by atoms with Gasteiger partial charge in [-0.3, -0.25) is 0 Å². The molecular formula is C9H12BrNO. The average molecular weight is 230 g/mol. The first-order valence-electron chi connectivity index (χ1n) is 3.74. The van der Waals surface area contributed by atoms with Crippen LogP contribution >= 0.6 is 15.9 Å². The highest BCUT2D eigenvalue weighted by Crippen LogP contribution is 2.30. The van der Waals surface area contributed by atoms with Gasteiger partial charge in [0.2, 0.25) is 0 Å². The summed E-state index contributed by atoms with van der Waals surface area (Å²) in [6, 6.07) is 5.84. The highest BCUT2D eigenvalue weighted by Gasteiger charge is 2.08. The van der Waals surface area contributed by atoms with E-state index in [1.54, 1.807) is 7.11 Å². The van der Waals surface area contributed by atoms with E-state index >= 15 is 0 Å². The van der Waals surface area contributed by atoms with Crippen molar-refractivity contribution in [3.05, 3.63) is 28.2 Å². The van der Waals surface area contributed by atoms with Gasteiger partial charge in [-0.1, -0.05) is 12.1 Å². The summed E-state index contributed by atoms with van der Waals surface area (Å²) < 4.78 is 6.08. The third-order valence-corrected chi connectivity index (χ3v) is 2.55. The molecule has 0 saturated carbocycles. The zero-order valence-electron chi connectivity index (χ0n) is 7.17. The number of methoxy groups -OCH3 is 1. The second kappa shape index (κ2) is 3.92. The van der Waals surface area contributed by atoms with Crippen LogP contribution in [0.25, 0.3) is 0 Å². The van der Waals surface area contributed by atoms with Crippen LogP contribution in [0.3, 0.4) is 0 Å². The molecule has 0 saturated heterocycles. The van der Waals surface area contributed by atoms with E-state index in [2.05, 4.69) is 15.9 Å². The molecule has 0 aliphatic carbocycles. The van der Waals surface area contributed by atoms with E-state index in [4.69, 9.17) is 10.5 Å². The smallest absolute Gasteiger partial charge is 0.133 e. The second-order valence-electron chi connectivity index (χ2n) is 2.65. The van der Waals surface area contributed by atoms with Gasteiger partial charge in [0, 0.05) is 6.04 Å². The maximum atomic E-state index is 5.75. The number of halogens is 1. The Morgan fingerprint density at radius 3 is 2.67 bits per heavy atom. The molecule has 12 heavy (non-hydrogen) atoms. The molecule has 0 aromatic heterocycles. The Balaban J connectivity index is 3.14. The van der Waals surface area contributed by atoms with Crippen LogP contribution in [0.15, 0.2) is 22.7 Å². The van der Waals surface area contributed by atoms with Crippen molar-refractivity contribution in [3.63, 3.8) is 0 Å². The van der Waals surface area contributed by atoms with Crippen LogP contribution in [-0.2, 0) is 0 Å². The van der Waals surface area contributed by atoms with Crippen molar-refractivity contribution in [2.75, 3.05) is 7.11 Å². The van der Waals surface area contributed by atoms with Crippen LogP contribution in [0, 0.1) is 0 Å². The number of rotatable bonds is 2. The minimum atomic E-state index is 0.0227. The fraction of sp³-hybridized carbons (Fsp3) is 0.333. The molecule has 2 nitrogen and oxygen atoms in total. The van der Waals surface area contributed by atoms with Crippen molar-refractivity contribution in [2.24, 2.45) is 5.73 Å². The predicted octanol–water partition coefficient (Wildman–Crippen LogP) is 2.48. The molecule has 0 heterocycles. The van der Waals surface area contributed by atoms with E-state index in [9.17, 15) is 0 Å². The molecule has 0 fully saturated rings. The van der Waals surface area contributed by atoms with Crippen molar-refractivity contribution in [3.8, 4) is 5.75 Å². The van der Waals surface area contributed by atoms with E-state index in [0.29, 0.717) is 0 Å². The Labute approximate surface area is 80.8 Å². The Kier molecular flexibility index (Phi) is 3.12. The molecule has 1 unspecified atom stereocenters. The summed E-state index contributed by atoms with van der Waals surface area (Å²) in [6.07, 6.45) is 0. The molecule has 2 N–H and O–H groups in total. The summed E-state index contributed by atoms with van der Waals surface area (Å²) in [5.74, 6) is 0.824. The molecular weight excluding hydrogens is 218 g/mol. The van der Waals surface area contributed by atoms with Gasteiger partial charge in [0.25, 0.3) is 0 Å². The Hall–Kier alpha value is -0.540. The molecule has 0 aliphatic heterocycles. The summed E-state index contributed by atoms with van der Waals surface area (Å²) >= 11 is 3.44. The summed E-state index contributed by atoms with van der Waals surface area (Å²) in [4.78, 5) is 0. The molecule has 1 rings (SSSR count). The zero-order valence-corrected chi connectivity index (χ0v) is 8.76. The molecule has 66 valence electrons. The quantitative estimate of drug-likeness (QED) is 0.846. The van der Waals surface area contributed by atoms with Gasteiger partial charge >= 0.3 is 0 Å². The highest BCUT2D eigenvalue weighted by molar-refractivity contribution is 9.10. The van der Waals surface area contributed by atoms with Gasteiger partial charge < -0.3 is 10.5 Å². The molecule has 3 heteroatoms. The zero-order chi connectivity index (χ0) is 9.14. The lowest BCUT2D eigenvalue weighted by Gasteiger charge is -2.11. The molecule has 1 aromatic rings. The fourth-order valence-corrected chi connectivity index (χ4v) is 1.82. The lowest BCUT2D eigenvalue weighted by Crippen LogP contribution is -2.06. The van der Waals surface area contributed by atoms with E-state index in [-0.39, 0.29) is 6.04 Å². The Bertz CT molecular complexity index is 273. The molecule has 0 radical (unpaired) electrons. The standard InChI is InChI=1S/C9H12BrNO/c1-6(11)7-4-3-5-8(12-2)9(7)10/h3-6H,11H2,1-2H3. The minimum Gasteiger partial charge on any atom is -0.496 e. The summed E-state index contributed by atoms with van der Waals surface area (Å²) in [6.45, 7) is 1.94. The van der Waals surface area contributed by atoms with E-state index in [1.807, 2.05) is 25.1 Å². The topological polar surface area (TPSA) is 35.2 Å². The van der Waals surface area contributed by atoms with Gasteiger partial charge in [0.1, 0.15) is 5.75 Å². The van der Waals surface area contributed by atoms with E-state index in [0.717, 1.165) is 15.8 Å². The monoisotopic (exact) mass is 229 g/mol. The van der Waals surface area contributed by atoms with Crippen molar-refractivity contribution in [1.29, 1.82) is 0 Å². The van der Waals surface area contributed by atoms with Gasteiger partial charge in [-0.25, -0.2) is 0 Å². The lowest BCUT2D eigenvalue weighted by molar-refractivity contribution is 0.411. The van der Waals surface area contributed by atoms with Gasteiger partial charge in [-0.15, -0.1) is 0 Å². The van der Waals surface area contributed by atoms with Gasteiger partial charge in [0.15, 0.2) is 0 Å². The highest BCUT2D eigenvalue weighted by atomic mass is 79.9. The van der Waals surface area contributed by atoms with Crippen LogP contribution in [-0.4, -0.2) is 7.11 Å². The predicted molar refractivity (Wildman–Crippen MR) is 53.3 cm³/mol. The van der Waals surface area contributed by atoms with Crippen LogP contribution in [0.2, 0.25) is 0 Å². The first-order chi connectivity index (χ1) is 5.66. The van der Waals surface area contributed by atoms with Gasteiger partial charge in [-0.05, 0) is 34.5 Å². The molecule has 0 aliphatic rings. The summed E-state index contributed by atoms with van der Waals surface area (Å²) in [7, 11) is 1.64. The number of ether oxygens (including phenoxy) is 1. The van der Waals surface area contributed by atoms with Crippen molar-refractivity contribution in [2.45, 2.75) is 13.0 Å². The number of benzene rings is 1. The minimum absolute atomic E-state index is 0.0227. The third-order valence-electron chi connectivity index (χ3n) is 1.70. The van der Waals surface area contributed by atoms with E-state index < -0.39 is 0 Å². The van der Waals surface area contributed by atoms with Crippen LogP contribution in [0.1, 0.15) is 18.5 Å². The number of hydrogen-bond acceptors (Lipinski definition) is 2. The van der Waals surface area contributed by atoms with Gasteiger partial charge in [0.05, 0.1) is 11.6 Å². The number of nitrogens with two attached hydrogens (primary N) is 1. The first kappa shape index (κ1) is 9.55. The SMILES string of the molecule is COc1cccc(C(C)N)c1Br. The largest absolute Gasteiger partial charge is 0.496 e. The molecule has 1 aromatic carbocycles. The maximum Gasteiger partial charge on any atom is 0.133 e. The lowest BCUT2D eigenvalue weighted by atomic mass is 10.1. The Morgan fingerprint density at radius 1 is 1.50 bits per heavy atom. The summed E-state index contributed by atoms with van der Waals surface area (Å²) in [5, 5.41) is 0. The first-order valence-corrected chi connectivity index (χ1v) is 4.54. The van der Waals surface area contributed by atoms with Gasteiger partial charge in [-0.2, -0.15) is 0 Å². The molecule has 1 atom stereocenters. The molecule has 0 bridgehead atoms. The van der Waals surface area contributed by atoms with Crippen LogP contribution in [0.5, 0.6) is 5.75 Å². The summed E-state index contributed by atoms with van der Waals surface area (Å²) in [5.41, 5.74) is 6.82. The van der Waals surface area contributed by atoms with Crippen molar-refractivity contribution in [1.82, 2.24) is 0 Å². The molecule has 0 amide bonds. The third kappa shape index (κ3) is 1.79. The van der Waals surface area contributed by atoms with Crippen LogP contribution in [0.4, 0.5) is 0 Å². The normalized spacial score (nSPS) is 12.7.